The van der Waals surface area contributed by atoms with Crippen molar-refractivity contribution in [1.29, 1.82) is 0 Å². The molecule has 1 aromatic carbocycles. The highest BCUT2D eigenvalue weighted by atomic mass is 32.1. The van der Waals surface area contributed by atoms with Crippen LogP contribution in [0.1, 0.15) is 32.2 Å². The molecule has 1 N–H and O–H groups in total. The molecule has 1 amide bonds. The lowest BCUT2D eigenvalue weighted by Gasteiger charge is -2.06. The molecule has 0 aliphatic rings. The van der Waals surface area contributed by atoms with E-state index in [2.05, 4.69) is 15.4 Å². The first-order chi connectivity index (χ1) is 10.5. The zero-order valence-corrected chi connectivity index (χ0v) is 13.7. The molecule has 114 valence electrons. The van der Waals surface area contributed by atoms with Crippen molar-refractivity contribution in [1.82, 2.24) is 19.9 Å². The number of carbonyl (C=O) groups is 1. The molecule has 0 atom stereocenters. The largest absolute Gasteiger partial charge is 0.352 e. The number of imidazole rings is 1. The SMILES string of the molecule is Cc1nn2cc(CCNC(=O)c3ccc(C)c(C)c3)nc2s1. The normalized spacial score (nSPS) is 11.0. The van der Waals surface area contributed by atoms with Crippen LogP contribution in [-0.2, 0) is 6.42 Å². The van der Waals surface area contributed by atoms with E-state index in [1.54, 1.807) is 15.9 Å². The number of amides is 1. The number of nitrogens with zero attached hydrogens (tertiary/aromatic N) is 3. The Morgan fingerprint density at radius 1 is 1.27 bits per heavy atom. The molecule has 0 aliphatic carbocycles. The molecule has 2 heterocycles. The molecule has 6 heteroatoms. The highest BCUT2D eigenvalue weighted by molar-refractivity contribution is 7.16. The Morgan fingerprint density at radius 3 is 2.82 bits per heavy atom. The lowest BCUT2D eigenvalue weighted by atomic mass is 10.1. The summed E-state index contributed by atoms with van der Waals surface area (Å²) in [6.45, 7) is 6.58. The fourth-order valence-electron chi connectivity index (χ4n) is 2.25. The standard InChI is InChI=1S/C16H18N4OS/c1-10-4-5-13(8-11(10)2)15(21)17-7-6-14-9-20-16(18-14)22-12(3)19-20/h4-5,8-9H,6-7H2,1-3H3,(H,17,21). The predicted molar refractivity (Wildman–Crippen MR) is 87.6 cm³/mol. The minimum atomic E-state index is -0.0434. The van der Waals surface area contributed by atoms with E-state index in [0.29, 0.717) is 18.5 Å². The second-order valence-electron chi connectivity index (χ2n) is 5.39. The number of rotatable bonds is 4. The molecule has 3 aromatic rings. The van der Waals surface area contributed by atoms with Gasteiger partial charge in [0.2, 0.25) is 4.96 Å². The average molecular weight is 314 g/mol. The maximum absolute atomic E-state index is 12.1. The molecule has 0 aliphatic heterocycles. The fourth-order valence-corrected chi connectivity index (χ4v) is 3.00. The molecule has 5 nitrogen and oxygen atoms in total. The summed E-state index contributed by atoms with van der Waals surface area (Å²) in [6, 6.07) is 5.75. The zero-order chi connectivity index (χ0) is 15.7. The number of fused-ring (bicyclic) bond motifs is 1. The first-order valence-electron chi connectivity index (χ1n) is 7.20. The first-order valence-corrected chi connectivity index (χ1v) is 8.02. The van der Waals surface area contributed by atoms with Crippen LogP contribution in [0.15, 0.2) is 24.4 Å². The van der Waals surface area contributed by atoms with Gasteiger partial charge in [-0.05, 0) is 44.0 Å². The molecule has 22 heavy (non-hydrogen) atoms. The van der Waals surface area contributed by atoms with Crippen molar-refractivity contribution < 1.29 is 4.79 Å². The van der Waals surface area contributed by atoms with Crippen LogP contribution in [-0.4, -0.2) is 27.0 Å². The summed E-state index contributed by atoms with van der Waals surface area (Å²) in [7, 11) is 0. The monoisotopic (exact) mass is 314 g/mol. The van der Waals surface area contributed by atoms with Gasteiger partial charge < -0.3 is 5.32 Å². The Balaban J connectivity index is 1.58. The van der Waals surface area contributed by atoms with E-state index < -0.39 is 0 Å². The molecule has 2 aromatic heterocycles. The number of carbonyl (C=O) groups excluding carboxylic acids is 1. The topological polar surface area (TPSA) is 59.3 Å². The number of benzene rings is 1. The van der Waals surface area contributed by atoms with Crippen molar-refractivity contribution in [2.75, 3.05) is 6.54 Å². The fraction of sp³-hybridized carbons (Fsp3) is 0.312. The third-order valence-corrected chi connectivity index (χ3v) is 4.47. The molecule has 3 rings (SSSR count). The van der Waals surface area contributed by atoms with Crippen LogP contribution in [0, 0.1) is 20.8 Å². The summed E-state index contributed by atoms with van der Waals surface area (Å²) >= 11 is 1.57. The van der Waals surface area contributed by atoms with Crippen molar-refractivity contribution in [2.45, 2.75) is 27.2 Å². The van der Waals surface area contributed by atoms with Gasteiger partial charge >= 0.3 is 0 Å². The highest BCUT2D eigenvalue weighted by Gasteiger charge is 2.08. The van der Waals surface area contributed by atoms with Gasteiger partial charge in [0.1, 0.15) is 5.01 Å². The molecule has 0 bridgehead atoms. The van der Waals surface area contributed by atoms with E-state index in [4.69, 9.17) is 0 Å². The minimum Gasteiger partial charge on any atom is -0.352 e. The lowest BCUT2D eigenvalue weighted by Crippen LogP contribution is -2.25. The quantitative estimate of drug-likeness (QED) is 0.805. The Morgan fingerprint density at radius 2 is 2.09 bits per heavy atom. The summed E-state index contributed by atoms with van der Waals surface area (Å²) < 4.78 is 1.79. The maximum atomic E-state index is 12.1. The van der Waals surface area contributed by atoms with Crippen LogP contribution in [0.4, 0.5) is 0 Å². The number of aryl methyl sites for hydroxylation is 3. The molecule has 0 saturated carbocycles. The van der Waals surface area contributed by atoms with Crippen LogP contribution in [0.2, 0.25) is 0 Å². The molecule has 0 fully saturated rings. The van der Waals surface area contributed by atoms with Crippen LogP contribution in [0.3, 0.4) is 0 Å². The summed E-state index contributed by atoms with van der Waals surface area (Å²) in [5.41, 5.74) is 3.96. The summed E-state index contributed by atoms with van der Waals surface area (Å²) in [4.78, 5) is 17.5. The van der Waals surface area contributed by atoms with Gasteiger partial charge in [-0.15, -0.1) is 0 Å². The molecule has 0 saturated heterocycles. The predicted octanol–water partition coefficient (Wildman–Crippen LogP) is 2.69. The second-order valence-corrected chi connectivity index (χ2v) is 6.55. The van der Waals surface area contributed by atoms with E-state index in [9.17, 15) is 4.79 Å². The number of nitrogens with one attached hydrogen (secondary N) is 1. The minimum absolute atomic E-state index is 0.0434. The Bertz CT molecular complexity index is 802. The molecule has 0 radical (unpaired) electrons. The van der Waals surface area contributed by atoms with Gasteiger partial charge in [0.25, 0.3) is 5.91 Å². The van der Waals surface area contributed by atoms with Crippen LogP contribution >= 0.6 is 11.3 Å². The highest BCUT2D eigenvalue weighted by Crippen LogP contribution is 2.13. The lowest BCUT2D eigenvalue weighted by molar-refractivity contribution is 0.0954. The van der Waals surface area contributed by atoms with E-state index in [1.165, 1.54) is 5.56 Å². The Labute approximate surface area is 133 Å². The van der Waals surface area contributed by atoms with Crippen molar-refractivity contribution in [3.05, 3.63) is 51.8 Å². The van der Waals surface area contributed by atoms with Crippen molar-refractivity contribution in [2.24, 2.45) is 0 Å². The van der Waals surface area contributed by atoms with Gasteiger partial charge in [-0.2, -0.15) is 5.10 Å². The smallest absolute Gasteiger partial charge is 0.251 e. The maximum Gasteiger partial charge on any atom is 0.251 e. The van der Waals surface area contributed by atoms with Gasteiger partial charge in [-0.1, -0.05) is 17.4 Å². The van der Waals surface area contributed by atoms with Gasteiger partial charge in [0.05, 0.1) is 11.9 Å². The van der Waals surface area contributed by atoms with E-state index in [0.717, 1.165) is 21.2 Å². The van der Waals surface area contributed by atoms with E-state index in [-0.39, 0.29) is 5.91 Å². The van der Waals surface area contributed by atoms with Gasteiger partial charge in [0, 0.05) is 18.5 Å². The Kier molecular flexibility index (Phi) is 3.94. The summed E-state index contributed by atoms with van der Waals surface area (Å²) in [5, 5.41) is 8.26. The molecular formula is C16H18N4OS. The molecule has 0 spiro atoms. The van der Waals surface area contributed by atoms with Gasteiger partial charge in [0.15, 0.2) is 0 Å². The second kappa shape index (κ2) is 5.88. The molecular weight excluding hydrogens is 296 g/mol. The third kappa shape index (κ3) is 3.01. The van der Waals surface area contributed by atoms with E-state index in [1.807, 2.05) is 45.2 Å². The Hall–Kier alpha value is -2.21. The van der Waals surface area contributed by atoms with E-state index >= 15 is 0 Å². The number of hydrogen-bond donors (Lipinski definition) is 1. The zero-order valence-electron chi connectivity index (χ0n) is 12.9. The van der Waals surface area contributed by atoms with Crippen molar-refractivity contribution in [3.63, 3.8) is 0 Å². The summed E-state index contributed by atoms with van der Waals surface area (Å²) in [6.07, 6.45) is 2.62. The van der Waals surface area contributed by atoms with Crippen LogP contribution in [0.5, 0.6) is 0 Å². The first kappa shape index (κ1) is 14.7. The van der Waals surface area contributed by atoms with Crippen molar-refractivity contribution in [3.8, 4) is 0 Å². The van der Waals surface area contributed by atoms with Crippen LogP contribution < -0.4 is 5.32 Å². The van der Waals surface area contributed by atoms with Gasteiger partial charge in [-0.3, -0.25) is 4.79 Å². The van der Waals surface area contributed by atoms with Gasteiger partial charge in [-0.25, -0.2) is 9.50 Å². The van der Waals surface area contributed by atoms with Crippen LogP contribution in [0.25, 0.3) is 4.96 Å². The average Bonchev–Trinajstić information content (AvgIpc) is 2.98. The summed E-state index contributed by atoms with van der Waals surface area (Å²) in [5.74, 6) is -0.0434. The molecule has 0 unspecified atom stereocenters. The van der Waals surface area contributed by atoms with Crippen molar-refractivity contribution >= 4 is 22.2 Å². The number of hydrogen-bond acceptors (Lipinski definition) is 4. The number of aromatic nitrogens is 3. The third-order valence-electron chi connectivity index (χ3n) is 3.63.